The van der Waals surface area contributed by atoms with Gasteiger partial charge in [-0.25, -0.2) is 8.42 Å². The van der Waals surface area contributed by atoms with Crippen LogP contribution in [-0.2, 0) is 21.4 Å². The first-order valence-electron chi connectivity index (χ1n) is 8.90. The number of nitrogens with one attached hydrogen (secondary N) is 1. The number of piperidine rings is 2. The van der Waals surface area contributed by atoms with Crippen LogP contribution in [0.1, 0.15) is 24.8 Å². The molecule has 1 N–H and O–H groups in total. The number of fused-ring (bicyclic) bond motifs is 1. The van der Waals surface area contributed by atoms with Crippen LogP contribution in [-0.4, -0.2) is 62.5 Å². The van der Waals surface area contributed by atoms with E-state index >= 15 is 0 Å². The zero-order chi connectivity index (χ0) is 18.9. The summed E-state index contributed by atoms with van der Waals surface area (Å²) < 4.78 is 26.1. The maximum absolute atomic E-state index is 13.2. The number of carbonyl (C=O) groups is 1. The summed E-state index contributed by atoms with van der Waals surface area (Å²) in [6.45, 7) is 2.25. The molecule has 2 aliphatic heterocycles. The van der Waals surface area contributed by atoms with Crippen LogP contribution in [0.2, 0.25) is 5.02 Å². The number of benzene rings is 1. The fourth-order valence-corrected chi connectivity index (χ4v) is 5.67. The number of nitrogens with zero attached hydrogens (tertiary/aromatic N) is 2. The van der Waals surface area contributed by atoms with Gasteiger partial charge in [0.05, 0.1) is 17.7 Å². The molecule has 0 saturated carbocycles. The highest BCUT2D eigenvalue weighted by atomic mass is 35.5. The standard InChI is InChI=1S/C18H26ClN3O3S/c1-21-10-8-18(7-4-9-22(16(18)13-21)26(2,24)25)17(23)20-12-14-5-3-6-15(19)11-14/h3,5-6,11,16H,4,7-10,12-13H2,1-2H3,(H,20,23)/t16-,18+/m0/s1. The van der Waals surface area contributed by atoms with Gasteiger partial charge in [-0.3, -0.25) is 4.79 Å². The largest absolute Gasteiger partial charge is 0.351 e. The van der Waals surface area contributed by atoms with E-state index in [1.54, 1.807) is 6.07 Å². The lowest BCUT2D eigenvalue weighted by atomic mass is 9.68. The highest BCUT2D eigenvalue weighted by Gasteiger charge is 2.54. The third kappa shape index (κ3) is 3.91. The smallest absolute Gasteiger partial charge is 0.228 e. The SMILES string of the molecule is CN1CC[C@]2(C(=O)NCc3cccc(Cl)c3)CCCN(S(C)(=O)=O)[C@H]2C1. The van der Waals surface area contributed by atoms with E-state index in [0.717, 1.165) is 18.5 Å². The number of halogens is 1. The second-order valence-corrected chi connectivity index (χ2v) is 9.85. The Morgan fingerprint density at radius 3 is 2.81 bits per heavy atom. The molecule has 0 unspecified atom stereocenters. The van der Waals surface area contributed by atoms with Gasteiger partial charge < -0.3 is 10.2 Å². The van der Waals surface area contributed by atoms with E-state index in [1.165, 1.54) is 10.6 Å². The Morgan fingerprint density at radius 2 is 2.12 bits per heavy atom. The molecular formula is C18H26ClN3O3S. The lowest BCUT2D eigenvalue weighted by molar-refractivity contribution is -0.141. The van der Waals surface area contributed by atoms with Gasteiger partial charge in [0.25, 0.3) is 0 Å². The van der Waals surface area contributed by atoms with Gasteiger partial charge >= 0.3 is 0 Å². The first-order chi connectivity index (χ1) is 12.2. The van der Waals surface area contributed by atoms with Crippen LogP contribution in [0, 0.1) is 5.41 Å². The van der Waals surface area contributed by atoms with Crippen molar-refractivity contribution in [3.05, 3.63) is 34.9 Å². The van der Waals surface area contributed by atoms with Crippen molar-refractivity contribution in [3.8, 4) is 0 Å². The molecule has 8 heteroatoms. The van der Waals surface area contributed by atoms with Crippen LogP contribution in [0.4, 0.5) is 0 Å². The molecule has 0 spiro atoms. The summed E-state index contributed by atoms with van der Waals surface area (Å²) in [6, 6.07) is 7.08. The molecular weight excluding hydrogens is 374 g/mol. The van der Waals surface area contributed by atoms with Gasteiger partial charge in [0.2, 0.25) is 15.9 Å². The van der Waals surface area contributed by atoms with Crippen molar-refractivity contribution in [1.82, 2.24) is 14.5 Å². The van der Waals surface area contributed by atoms with E-state index in [-0.39, 0.29) is 11.9 Å². The van der Waals surface area contributed by atoms with Crippen molar-refractivity contribution in [2.24, 2.45) is 5.41 Å². The lowest BCUT2D eigenvalue weighted by Crippen LogP contribution is -2.66. The normalized spacial score (nSPS) is 27.7. The third-order valence-electron chi connectivity index (χ3n) is 5.63. The summed E-state index contributed by atoms with van der Waals surface area (Å²) in [5.74, 6) is -0.0519. The van der Waals surface area contributed by atoms with Crippen molar-refractivity contribution in [1.29, 1.82) is 0 Å². The monoisotopic (exact) mass is 399 g/mol. The highest BCUT2D eigenvalue weighted by Crippen LogP contribution is 2.43. The minimum atomic E-state index is -3.35. The van der Waals surface area contributed by atoms with Gasteiger partial charge in [-0.15, -0.1) is 0 Å². The minimum absolute atomic E-state index is 0.0519. The van der Waals surface area contributed by atoms with Crippen LogP contribution >= 0.6 is 11.6 Å². The average molecular weight is 400 g/mol. The Labute approximate surface area is 160 Å². The number of hydrogen-bond donors (Lipinski definition) is 1. The molecule has 2 atom stereocenters. The number of rotatable bonds is 4. The highest BCUT2D eigenvalue weighted by molar-refractivity contribution is 7.88. The molecule has 1 amide bonds. The number of hydrogen-bond acceptors (Lipinski definition) is 4. The van der Waals surface area contributed by atoms with Gasteiger partial charge in [0.15, 0.2) is 0 Å². The minimum Gasteiger partial charge on any atom is -0.351 e. The van der Waals surface area contributed by atoms with Gasteiger partial charge in [0.1, 0.15) is 0 Å². The fraction of sp³-hybridized carbons (Fsp3) is 0.611. The van der Waals surface area contributed by atoms with E-state index in [0.29, 0.717) is 37.5 Å². The maximum Gasteiger partial charge on any atom is 0.228 e. The molecule has 1 aromatic carbocycles. The second-order valence-electron chi connectivity index (χ2n) is 7.47. The molecule has 0 bridgehead atoms. The molecule has 0 aromatic heterocycles. The fourth-order valence-electron chi connectivity index (χ4n) is 4.26. The summed E-state index contributed by atoms with van der Waals surface area (Å²) in [5.41, 5.74) is 0.273. The number of sulfonamides is 1. The maximum atomic E-state index is 13.2. The van der Waals surface area contributed by atoms with Crippen LogP contribution in [0.5, 0.6) is 0 Å². The number of carbonyl (C=O) groups excluding carboxylic acids is 1. The molecule has 2 heterocycles. The number of likely N-dealkylation sites (N-methyl/N-ethyl adjacent to an activating group) is 1. The number of likely N-dealkylation sites (tertiary alicyclic amines) is 1. The predicted octanol–water partition coefficient (Wildman–Crippen LogP) is 1.70. The summed E-state index contributed by atoms with van der Waals surface area (Å²) >= 11 is 6.01. The molecule has 0 radical (unpaired) electrons. The van der Waals surface area contributed by atoms with Crippen molar-refractivity contribution >= 4 is 27.5 Å². The Balaban J connectivity index is 1.82. The topological polar surface area (TPSA) is 69.7 Å². The van der Waals surface area contributed by atoms with E-state index in [4.69, 9.17) is 11.6 Å². The first-order valence-corrected chi connectivity index (χ1v) is 11.1. The summed E-state index contributed by atoms with van der Waals surface area (Å²) in [5, 5.41) is 3.67. The van der Waals surface area contributed by atoms with Crippen molar-refractivity contribution in [3.63, 3.8) is 0 Å². The number of amides is 1. The van der Waals surface area contributed by atoms with Gasteiger partial charge in [0, 0.05) is 24.7 Å². The molecule has 2 fully saturated rings. The summed E-state index contributed by atoms with van der Waals surface area (Å²) in [4.78, 5) is 15.3. The van der Waals surface area contributed by atoms with Crippen molar-refractivity contribution in [2.75, 3.05) is 32.9 Å². The average Bonchev–Trinajstić information content (AvgIpc) is 2.58. The Hall–Kier alpha value is -1.15. The lowest BCUT2D eigenvalue weighted by Gasteiger charge is -2.52. The molecule has 26 heavy (non-hydrogen) atoms. The van der Waals surface area contributed by atoms with Crippen LogP contribution in [0.15, 0.2) is 24.3 Å². The summed E-state index contributed by atoms with van der Waals surface area (Å²) in [7, 11) is -1.38. The predicted molar refractivity (Wildman–Crippen MR) is 102 cm³/mol. The Bertz CT molecular complexity index is 786. The molecule has 144 valence electrons. The van der Waals surface area contributed by atoms with Gasteiger partial charge in [-0.05, 0) is 50.6 Å². The van der Waals surface area contributed by atoms with Gasteiger partial charge in [-0.2, -0.15) is 4.31 Å². The Morgan fingerprint density at radius 1 is 1.35 bits per heavy atom. The van der Waals surface area contributed by atoms with E-state index in [1.807, 2.05) is 25.2 Å². The van der Waals surface area contributed by atoms with Gasteiger partial charge in [-0.1, -0.05) is 23.7 Å². The van der Waals surface area contributed by atoms with Crippen molar-refractivity contribution in [2.45, 2.75) is 31.8 Å². The van der Waals surface area contributed by atoms with Crippen molar-refractivity contribution < 1.29 is 13.2 Å². The molecule has 3 rings (SSSR count). The molecule has 2 saturated heterocycles. The zero-order valence-corrected chi connectivity index (χ0v) is 16.8. The molecule has 6 nitrogen and oxygen atoms in total. The molecule has 2 aliphatic rings. The quantitative estimate of drug-likeness (QED) is 0.836. The third-order valence-corrected chi connectivity index (χ3v) is 7.16. The van der Waals surface area contributed by atoms with E-state index < -0.39 is 15.4 Å². The molecule has 0 aliphatic carbocycles. The van der Waals surface area contributed by atoms with Crippen LogP contribution < -0.4 is 5.32 Å². The first kappa shape index (κ1) is 19.6. The molecule has 1 aromatic rings. The Kier molecular flexibility index (Phi) is 5.63. The summed E-state index contributed by atoms with van der Waals surface area (Å²) in [6.07, 6.45) is 3.33. The zero-order valence-electron chi connectivity index (χ0n) is 15.2. The van der Waals surface area contributed by atoms with Crippen LogP contribution in [0.3, 0.4) is 0 Å². The van der Waals surface area contributed by atoms with Crippen LogP contribution in [0.25, 0.3) is 0 Å². The van der Waals surface area contributed by atoms with E-state index in [9.17, 15) is 13.2 Å². The second kappa shape index (κ2) is 7.46. The van der Waals surface area contributed by atoms with E-state index in [2.05, 4.69) is 10.2 Å².